The van der Waals surface area contributed by atoms with Gasteiger partial charge in [-0.2, -0.15) is 0 Å². The van der Waals surface area contributed by atoms with Crippen molar-refractivity contribution in [2.24, 2.45) is 0 Å². The summed E-state index contributed by atoms with van der Waals surface area (Å²) in [4.78, 5) is 6.11. The van der Waals surface area contributed by atoms with Crippen LogP contribution in [0.15, 0.2) is 42.9 Å². The van der Waals surface area contributed by atoms with Gasteiger partial charge in [0.2, 0.25) is 0 Å². The molecule has 0 radical (unpaired) electrons. The number of hydrogen-bond donors (Lipinski definition) is 3. The Balaban J connectivity index is 1.16. The van der Waals surface area contributed by atoms with E-state index in [9.17, 15) is 15.3 Å². The number of halogens is 2. The highest BCUT2D eigenvalue weighted by Crippen LogP contribution is 2.39. The number of anilines is 1. The molecule has 3 aromatic heterocycles. The molecule has 230 valence electrons. The van der Waals surface area contributed by atoms with Crippen molar-refractivity contribution >= 4 is 27.2 Å². The van der Waals surface area contributed by atoms with Crippen molar-refractivity contribution in [1.82, 2.24) is 34.7 Å². The first kappa shape index (κ1) is 28.9. The fourth-order valence-corrected chi connectivity index (χ4v) is 6.91. The molecule has 0 amide bonds. The molecule has 4 atom stereocenters. The summed E-state index contributed by atoms with van der Waals surface area (Å²) in [5.74, 6) is -0.988. The van der Waals surface area contributed by atoms with Crippen LogP contribution in [0.1, 0.15) is 42.2 Å². The minimum absolute atomic E-state index is 0.129. The molecule has 0 saturated carbocycles. The third-order valence-electron chi connectivity index (χ3n) is 8.31. The number of hydrogen-bond acceptors (Lipinski definition) is 11. The smallest absolute Gasteiger partial charge is 0.166 e. The number of ether oxygens (including phenoxy) is 1. The Hall–Kier alpha value is -3.89. The molecule has 7 rings (SSSR count). The Kier molecular flexibility index (Phi) is 7.58. The van der Waals surface area contributed by atoms with Gasteiger partial charge in [0.1, 0.15) is 47.7 Å². The van der Waals surface area contributed by atoms with Crippen LogP contribution in [0.4, 0.5) is 14.5 Å². The van der Waals surface area contributed by atoms with Gasteiger partial charge >= 0.3 is 0 Å². The summed E-state index contributed by atoms with van der Waals surface area (Å²) in [5.41, 5.74) is 1.98. The highest BCUT2D eigenvalue weighted by atomic mass is 32.1. The monoisotopic (exact) mass is 624 g/mol. The van der Waals surface area contributed by atoms with Gasteiger partial charge in [-0.3, -0.25) is 4.57 Å². The van der Waals surface area contributed by atoms with Crippen molar-refractivity contribution in [3.05, 3.63) is 65.3 Å². The molecule has 0 bridgehead atoms. The third kappa shape index (κ3) is 5.24. The Morgan fingerprint density at radius 3 is 2.59 bits per heavy atom. The lowest BCUT2D eigenvalue weighted by Crippen LogP contribution is -2.45. The van der Waals surface area contributed by atoms with Crippen molar-refractivity contribution in [1.29, 1.82) is 0 Å². The molecule has 0 unspecified atom stereocenters. The summed E-state index contributed by atoms with van der Waals surface area (Å²) < 4.78 is 40.7. The number of rotatable bonds is 6. The van der Waals surface area contributed by atoms with Crippen LogP contribution in [0.5, 0.6) is 0 Å². The molecule has 0 spiro atoms. The molecule has 3 N–H and O–H groups in total. The molecule has 2 fully saturated rings. The summed E-state index contributed by atoms with van der Waals surface area (Å²) in [5, 5.41) is 48.6. The molecule has 2 aromatic carbocycles. The first-order chi connectivity index (χ1) is 21.3. The van der Waals surface area contributed by atoms with Gasteiger partial charge in [-0.15, -0.1) is 26.6 Å². The van der Waals surface area contributed by atoms with E-state index in [1.807, 2.05) is 25.1 Å². The molecular weight excluding hydrogens is 594 g/mol. The van der Waals surface area contributed by atoms with Gasteiger partial charge < -0.3 is 25.0 Å². The quantitative estimate of drug-likeness (QED) is 0.258. The number of aromatic nitrogens is 7. The average Bonchev–Trinajstić information content (AvgIpc) is 3.77. The summed E-state index contributed by atoms with van der Waals surface area (Å²) in [7, 11) is 0. The predicted octanol–water partition coefficient (Wildman–Crippen LogP) is 3.11. The Morgan fingerprint density at radius 1 is 1.07 bits per heavy atom. The second kappa shape index (κ2) is 11.6. The lowest BCUT2D eigenvalue weighted by atomic mass is 9.95. The van der Waals surface area contributed by atoms with E-state index in [-0.39, 0.29) is 23.4 Å². The Morgan fingerprint density at radius 2 is 1.84 bits per heavy atom. The molecule has 2 saturated heterocycles. The molecule has 2 aliphatic heterocycles. The number of benzene rings is 2. The van der Waals surface area contributed by atoms with Crippen LogP contribution in [0.2, 0.25) is 0 Å². The minimum Gasteiger partial charge on any atom is -0.394 e. The maximum atomic E-state index is 15.2. The number of thiazole rings is 1. The van der Waals surface area contributed by atoms with E-state index in [2.05, 4.69) is 25.5 Å². The summed E-state index contributed by atoms with van der Waals surface area (Å²) in [6, 6.07) is 7.55. The van der Waals surface area contributed by atoms with Crippen LogP contribution in [0, 0.1) is 18.6 Å². The van der Waals surface area contributed by atoms with Gasteiger partial charge in [-0.25, -0.2) is 18.4 Å². The van der Waals surface area contributed by atoms with E-state index in [1.54, 1.807) is 27.1 Å². The Labute approximate surface area is 254 Å². The zero-order valence-electron chi connectivity index (χ0n) is 23.7. The van der Waals surface area contributed by atoms with Crippen molar-refractivity contribution in [3.63, 3.8) is 0 Å². The van der Waals surface area contributed by atoms with Gasteiger partial charge in [-0.1, -0.05) is 5.21 Å². The molecule has 44 heavy (non-hydrogen) atoms. The lowest BCUT2D eigenvalue weighted by Gasteiger charge is -2.38. The summed E-state index contributed by atoms with van der Waals surface area (Å²) in [6.45, 7) is 2.20. The molecule has 0 aliphatic carbocycles. The maximum absolute atomic E-state index is 15.2. The zero-order chi connectivity index (χ0) is 30.5. The molecular formula is C29H30F2N8O4S. The lowest BCUT2D eigenvalue weighted by molar-refractivity contribution is -0.161. The number of nitrogens with zero attached hydrogens (tertiary/aromatic N) is 8. The third-order valence-corrected chi connectivity index (χ3v) is 9.25. The van der Waals surface area contributed by atoms with E-state index >= 15 is 8.78 Å². The number of piperidine rings is 1. The summed E-state index contributed by atoms with van der Waals surface area (Å²) >= 11 is 1.58. The van der Waals surface area contributed by atoms with Crippen LogP contribution in [-0.2, 0) is 4.74 Å². The highest BCUT2D eigenvalue weighted by Gasteiger charge is 2.41. The van der Waals surface area contributed by atoms with Gasteiger partial charge in [0.05, 0.1) is 40.2 Å². The van der Waals surface area contributed by atoms with E-state index in [4.69, 9.17) is 4.74 Å². The average molecular weight is 625 g/mol. The normalized spacial score (nSPS) is 23.1. The molecule has 15 heteroatoms. The fourth-order valence-electron chi connectivity index (χ4n) is 6.05. The SMILES string of the molecule is Cc1nc2ccc(-n3cnnc3[C@H]3C[C@@H](n4cc(-c5cc(F)c(N6CCC(O)CC6)c(F)c5)nn4)[C@@H](O)[C@@H](CO)O3)cc2s1. The zero-order valence-corrected chi connectivity index (χ0v) is 24.5. The van der Waals surface area contributed by atoms with Crippen LogP contribution >= 0.6 is 11.3 Å². The van der Waals surface area contributed by atoms with Gasteiger partial charge in [-0.05, 0) is 50.1 Å². The first-order valence-electron chi connectivity index (χ1n) is 14.3. The number of aliphatic hydroxyl groups excluding tert-OH is 3. The number of fused-ring (bicyclic) bond motifs is 1. The van der Waals surface area contributed by atoms with Crippen molar-refractivity contribution in [2.75, 3.05) is 24.6 Å². The van der Waals surface area contributed by atoms with Gasteiger partial charge in [0.25, 0.3) is 0 Å². The van der Waals surface area contributed by atoms with Crippen molar-refractivity contribution < 1.29 is 28.8 Å². The number of aliphatic hydroxyl groups is 3. The second-order valence-corrected chi connectivity index (χ2v) is 12.4. The van der Waals surface area contributed by atoms with Crippen molar-refractivity contribution in [2.45, 2.75) is 56.6 Å². The van der Waals surface area contributed by atoms with Crippen LogP contribution < -0.4 is 4.90 Å². The topological polar surface area (TPSA) is 147 Å². The molecule has 12 nitrogen and oxygen atoms in total. The summed E-state index contributed by atoms with van der Waals surface area (Å²) in [6.07, 6.45) is 0.936. The maximum Gasteiger partial charge on any atom is 0.166 e. The van der Waals surface area contributed by atoms with Crippen LogP contribution in [0.25, 0.3) is 27.2 Å². The predicted molar refractivity (Wildman–Crippen MR) is 156 cm³/mol. The standard InChI is InChI=1S/C29H30F2N8O4S/c1-15-33-21-3-2-17(10-26(21)44-15)38-14-32-35-29(38)24-11-23(28(42)25(13-40)43-24)39-12-22(34-36-39)16-8-19(30)27(20(31)9-16)37-6-4-18(41)5-7-37/h2-3,8-10,12,14,18,23-25,28,40-42H,4-7,11,13H2,1H3/t23-,24-,25-,28-/m1/s1. The first-order valence-corrected chi connectivity index (χ1v) is 15.2. The Bertz CT molecular complexity index is 1780. The fraction of sp³-hybridized carbons (Fsp3) is 0.414. The minimum atomic E-state index is -1.15. The van der Waals surface area contributed by atoms with E-state index in [1.165, 1.54) is 23.0 Å². The molecule has 2 aliphatic rings. The largest absolute Gasteiger partial charge is 0.394 e. The van der Waals surface area contributed by atoms with Gasteiger partial charge in [0.15, 0.2) is 5.82 Å². The molecule has 5 aromatic rings. The van der Waals surface area contributed by atoms with Crippen LogP contribution in [0.3, 0.4) is 0 Å². The molecule has 5 heterocycles. The van der Waals surface area contributed by atoms with E-state index in [0.717, 1.165) is 20.9 Å². The second-order valence-electron chi connectivity index (χ2n) is 11.2. The van der Waals surface area contributed by atoms with Crippen LogP contribution in [-0.4, -0.2) is 88.1 Å². The van der Waals surface area contributed by atoms with E-state index < -0.39 is 48.7 Å². The van der Waals surface area contributed by atoms with E-state index in [0.29, 0.717) is 31.8 Å². The number of aryl methyl sites for hydroxylation is 1. The van der Waals surface area contributed by atoms with Gasteiger partial charge in [0, 0.05) is 30.8 Å². The van der Waals surface area contributed by atoms with Crippen molar-refractivity contribution in [3.8, 4) is 16.9 Å². The highest BCUT2D eigenvalue weighted by molar-refractivity contribution is 7.18.